The van der Waals surface area contributed by atoms with Crippen molar-refractivity contribution in [3.05, 3.63) is 17.0 Å². The summed E-state index contributed by atoms with van der Waals surface area (Å²) in [5, 5.41) is 6.73. The third-order valence-electron chi connectivity index (χ3n) is 2.54. The smallest absolute Gasteiger partial charge is 0.224 e. The zero-order valence-corrected chi connectivity index (χ0v) is 9.76. The monoisotopic (exact) mass is 210 g/mol. The van der Waals surface area contributed by atoms with Gasteiger partial charge < -0.3 is 9.84 Å². The van der Waals surface area contributed by atoms with Gasteiger partial charge >= 0.3 is 0 Å². The lowest BCUT2D eigenvalue weighted by Gasteiger charge is -2.10. The van der Waals surface area contributed by atoms with E-state index < -0.39 is 0 Å². The first kappa shape index (κ1) is 11.8. The highest BCUT2D eigenvalue weighted by molar-refractivity contribution is 5.79. The minimum absolute atomic E-state index is 0.0266. The van der Waals surface area contributed by atoms with E-state index in [9.17, 15) is 4.79 Å². The van der Waals surface area contributed by atoms with Gasteiger partial charge in [-0.05, 0) is 27.2 Å². The topological polar surface area (TPSA) is 55.1 Å². The van der Waals surface area contributed by atoms with Gasteiger partial charge in [0.1, 0.15) is 5.76 Å². The van der Waals surface area contributed by atoms with E-state index in [4.69, 9.17) is 4.52 Å². The average Bonchev–Trinajstić information content (AvgIpc) is 2.49. The average molecular weight is 210 g/mol. The lowest BCUT2D eigenvalue weighted by atomic mass is 10.1. The maximum absolute atomic E-state index is 11.6. The van der Waals surface area contributed by atoms with E-state index in [1.165, 1.54) is 0 Å². The summed E-state index contributed by atoms with van der Waals surface area (Å²) in [5.74, 6) is 0.755. The molecule has 0 radical (unpaired) electrons. The fourth-order valence-corrected chi connectivity index (χ4v) is 1.34. The number of nitrogens with one attached hydrogen (secondary N) is 1. The fourth-order valence-electron chi connectivity index (χ4n) is 1.34. The molecule has 0 spiro atoms. The van der Waals surface area contributed by atoms with Crippen LogP contribution in [0.15, 0.2) is 4.52 Å². The Morgan fingerprint density at radius 1 is 1.53 bits per heavy atom. The van der Waals surface area contributed by atoms with Crippen LogP contribution in [0.3, 0.4) is 0 Å². The Balaban J connectivity index is 2.59. The van der Waals surface area contributed by atoms with Gasteiger partial charge in [0.15, 0.2) is 0 Å². The number of hydrogen-bond acceptors (Lipinski definition) is 3. The van der Waals surface area contributed by atoms with Crippen LogP contribution in [0.2, 0.25) is 0 Å². The summed E-state index contributed by atoms with van der Waals surface area (Å²) < 4.78 is 5.00. The first-order chi connectivity index (χ1) is 7.04. The third-order valence-corrected chi connectivity index (χ3v) is 2.54. The Kier molecular flexibility index (Phi) is 3.88. The number of aromatic nitrogens is 1. The van der Waals surface area contributed by atoms with Crippen LogP contribution >= 0.6 is 0 Å². The first-order valence-corrected chi connectivity index (χ1v) is 5.25. The molecule has 0 aliphatic rings. The Bertz CT molecular complexity index is 325. The molecule has 0 bridgehead atoms. The van der Waals surface area contributed by atoms with Crippen molar-refractivity contribution >= 4 is 5.91 Å². The first-order valence-electron chi connectivity index (χ1n) is 5.25. The third kappa shape index (κ3) is 3.08. The van der Waals surface area contributed by atoms with Gasteiger partial charge in [-0.1, -0.05) is 12.1 Å². The van der Waals surface area contributed by atoms with E-state index in [2.05, 4.69) is 10.5 Å². The highest BCUT2D eigenvalue weighted by Crippen LogP contribution is 2.12. The molecular weight excluding hydrogens is 192 g/mol. The Morgan fingerprint density at radius 3 is 2.67 bits per heavy atom. The second-order valence-corrected chi connectivity index (χ2v) is 3.86. The van der Waals surface area contributed by atoms with Crippen LogP contribution in [0.1, 0.15) is 37.3 Å². The lowest BCUT2D eigenvalue weighted by Crippen LogP contribution is -2.33. The van der Waals surface area contributed by atoms with Crippen molar-refractivity contribution in [2.24, 2.45) is 0 Å². The van der Waals surface area contributed by atoms with Crippen LogP contribution in [-0.4, -0.2) is 17.1 Å². The van der Waals surface area contributed by atoms with Gasteiger partial charge in [0.25, 0.3) is 0 Å². The lowest BCUT2D eigenvalue weighted by molar-refractivity contribution is -0.121. The summed E-state index contributed by atoms with van der Waals surface area (Å²) in [6, 6.07) is 0.220. The molecule has 1 aromatic rings. The SMILES string of the molecule is CCC(C)NC(=O)Cc1c(C)noc1C. The van der Waals surface area contributed by atoms with Gasteiger partial charge in [0, 0.05) is 11.6 Å². The van der Waals surface area contributed by atoms with E-state index >= 15 is 0 Å². The molecule has 0 aliphatic carbocycles. The Hall–Kier alpha value is -1.32. The van der Waals surface area contributed by atoms with Crippen molar-refractivity contribution in [2.45, 2.75) is 46.6 Å². The molecule has 0 saturated heterocycles. The maximum Gasteiger partial charge on any atom is 0.224 e. The number of rotatable bonds is 4. The van der Waals surface area contributed by atoms with Crippen molar-refractivity contribution in [2.75, 3.05) is 0 Å². The van der Waals surface area contributed by atoms with Crippen molar-refractivity contribution < 1.29 is 9.32 Å². The van der Waals surface area contributed by atoms with Gasteiger partial charge in [-0.15, -0.1) is 0 Å². The second kappa shape index (κ2) is 4.96. The van der Waals surface area contributed by atoms with E-state index in [0.29, 0.717) is 6.42 Å². The van der Waals surface area contributed by atoms with Crippen LogP contribution in [0.5, 0.6) is 0 Å². The zero-order valence-electron chi connectivity index (χ0n) is 9.76. The minimum atomic E-state index is 0.0266. The molecule has 1 N–H and O–H groups in total. The summed E-state index contributed by atoms with van der Waals surface area (Å²) in [6.07, 6.45) is 1.29. The van der Waals surface area contributed by atoms with Crippen molar-refractivity contribution in [3.8, 4) is 0 Å². The molecule has 84 valence electrons. The second-order valence-electron chi connectivity index (χ2n) is 3.86. The summed E-state index contributed by atoms with van der Waals surface area (Å²) in [5.41, 5.74) is 1.70. The highest BCUT2D eigenvalue weighted by atomic mass is 16.5. The van der Waals surface area contributed by atoms with Crippen LogP contribution in [-0.2, 0) is 11.2 Å². The Labute approximate surface area is 90.0 Å². The number of aryl methyl sites for hydroxylation is 2. The molecule has 0 aromatic carbocycles. The largest absolute Gasteiger partial charge is 0.361 e. The van der Waals surface area contributed by atoms with Crippen molar-refractivity contribution in [1.82, 2.24) is 10.5 Å². The summed E-state index contributed by atoms with van der Waals surface area (Å²) in [4.78, 5) is 11.6. The fraction of sp³-hybridized carbons (Fsp3) is 0.636. The molecule has 1 atom stereocenters. The number of carbonyl (C=O) groups excluding carboxylic acids is 1. The predicted molar refractivity (Wildman–Crippen MR) is 57.6 cm³/mol. The predicted octanol–water partition coefficient (Wildman–Crippen LogP) is 1.75. The van der Waals surface area contributed by atoms with Crippen LogP contribution in [0.25, 0.3) is 0 Å². The summed E-state index contributed by atoms with van der Waals surface area (Å²) >= 11 is 0. The van der Waals surface area contributed by atoms with Crippen LogP contribution in [0.4, 0.5) is 0 Å². The summed E-state index contributed by atoms with van der Waals surface area (Å²) in [7, 11) is 0. The molecule has 4 heteroatoms. The van der Waals surface area contributed by atoms with Crippen LogP contribution in [0, 0.1) is 13.8 Å². The van der Waals surface area contributed by atoms with Gasteiger partial charge in [-0.2, -0.15) is 0 Å². The standard InChI is InChI=1S/C11H18N2O2/c1-5-7(2)12-11(14)6-10-8(3)13-15-9(10)4/h7H,5-6H2,1-4H3,(H,12,14). The molecule has 1 heterocycles. The summed E-state index contributed by atoms with van der Waals surface area (Å²) in [6.45, 7) is 7.71. The molecule has 1 rings (SSSR count). The van der Waals surface area contributed by atoms with Gasteiger partial charge in [0.05, 0.1) is 12.1 Å². The van der Waals surface area contributed by atoms with E-state index in [-0.39, 0.29) is 11.9 Å². The minimum Gasteiger partial charge on any atom is -0.361 e. The number of amides is 1. The normalized spacial score (nSPS) is 12.5. The molecule has 1 aromatic heterocycles. The van der Waals surface area contributed by atoms with Gasteiger partial charge in [-0.25, -0.2) is 0 Å². The highest BCUT2D eigenvalue weighted by Gasteiger charge is 2.14. The van der Waals surface area contributed by atoms with Crippen LogP contribution < -0.4 is 5.32 Å². The van der Waals surface area contributed by atoms with E-state index in [1.54, 1.807) is 0 Å². The molecule has 1 unspecified atom stereocenters. The molecule has 0 aliphatic heterocycles. The van der Waals surface area contributed by atoms with Gasteiger partial charge in [0.2, 0.25) is 5.91 Å². The molecular formula is C11H18N2O2. The number of carbonyl (C=O) groups is 1. The molecule has 15 heavy (non-hydrogen) atoms. The molecule has 4 nitrogen and oxygen atoms in total. The maximum atomic E-state index is 11.6. The molecule has 0 fully saturated rings. The van der Waals surface area contributed by atoms with Crippen molar-refractivity contribution in [1.29, 1.82) is 0 Å². The zero-order chi connectivity index (χ0) is 11.4. The number of nitrogens with zero attached hydrogens (tertiary/aromatic N) is 1. The molecule has 0 saturated carbocycles. The Morgan fingerprint density at radius 2 is 2.20 bits per heavy atom. The number of hydrogen-bond donors (Lipinski definition) is 1. The van der Waals surface area contributed by atoms with Gasteiger partial charge in [-0.3, -0.25) is 4.79 Å². The van der Waals surface area contributed by atoms with Crippen molar-refractivity contribution in [3.63, 3.8) is 0 Å². The molecule has 1 amide bonds. The van der Waals surface area contributed by atoms with E-state index in [0.717, 1.165) is 23.4 Å². The quantitative estimate of drug-likeness (QED) is 0.823. The van der Waals surface area contributed by atoms with E-state index in [1.807, 2.05) is 27.7 Å².